The molecule has 2 aromatic carbocycles. The number of anilines is 2. The van der Waals surface area contributed by atoms with Gasteiger partial charge in [0, 0.05) is 42.0 Å². The van der Waals surface area contributed by atoms with Gasteiger partial charge < -0.3 is 10.2 Å². The lowest BCUT2D eigenvalue weighted by atomic mass is 10.1. The fourth-order valence-corrected chi connectivity index (χ4v) is 4.29. The molecule has 1 aliphatic rings. The number of thiazole rings is 1. The Hall–Kier alpha value is -3.45. The minimum Gasteiger partial charge on any atom is -0.322 e. The molecule has 0 radical (unpaired) electrons. The first-order valence-electron chi connectivity index (χ1n) is 9.42. The molecule has 0 bridgehead atoms. The zero-order chi connectivity index (χ0) is 19.8. The molecular weight excluding hydrogens is 384 g/mol. The van der Waals surface area contributed by atoms with Crippen LogP contribution in [-0.4, -0.2) is 27.7 Å². The molecule has 3 heterocycles. The molecule has 2 aromatic heterocycles. The van der Waals surface area contributed by atoms with Crippen LogP contribution >= 0.6 is 11.3 Å². The van der Waals surface area contributed by atoms with Crippen LogP contribution in [0, 0.1) is 0 Å². The number of carbonyl (C=O) groups excluding carboxylic acids is 2. The average Bonchev–Trinajstić information content (AvgIpc) is 3.45. The van der Waals surface area contributed by atoms with E-state index >= 15 is 0 Å². The number of imidazole rings is 1. The number of aromatic nitrogens is 2. The highest BCUT2D eigenvalue weighted by atomic mass is 32.1. The summed E-state index contributed by atoms with van der Waals surface area (Å²) in [6.07, 6.45) is 5.32. The van der Waals surface area contributed by atoms with Gasteiger partial charge in [-0.25, -0.2) is 4.98 Å². The molecule has 0 atom stereocenters. The number of amides is 2. The Bertz CT molecular complexity index is 1180. The van der Waals surface area contributed by atoms with Gasteiger partial charge in [0.05, 0.1) is 16.9 Å². The summed E-state index contributed by atoms with van der Waals surface area (Å²) in [5, 5.41) is 4.94. The number of para-hydroxylation sites is 1. The van der Waals surface area contributed by atoms with E-state index in [1.807, 2.05) is 64.6 Å². The summed E-state index contributed by atoms with van der Waals surface area (Å²) >= 11 is 1.59. The van der Waals surface area contributed by atoms with E-state index < -0.39 is 0 Å². The van der Waals surface area contributed by atoms with Crippen molar-refractivity contribution in [1.82, 2.24) is 9.38 Å². The maximum Gasteiger partial charge on any atom is 0.257 e. The molecule has 1 saturated heterocycles. The largest absolute Gasteiger partial charge is 0.322 e. The molecule has 0 saturated carbocycles. The van der Waals surface area contributed by atoms with Gasteiger partial charge in [-0.1, -0.05) is 24.3 Å². The van der Waals surface area contributed by atoms with Crippen LogP contribution in [0.25, 0.3) is 16.2 Å². The van der Waals surface area contributed by atoms with Gasteiger partial charge in [0.2, 0.25) is 5.91 Å². The third kappa shape index (κ3) is 3.30. The molecule has 144 valence electrons. The SMILES string of the molecule is O=C(Nc1ccc(-c2cn3ccsc3n2)cc1)c1ccccc1N1CCCC1=O. The number of hydrogen-bond acceptors (Lipinski definition) is 4. The van der Waals surface area contributed by atoms with E-state index in [0.717, 1.165) is 22.6 Å². The Labute approximate surface area is 171 Å². The van der Waals surface area contributed by atoms with E-state index in [1.54, 1.807) is 22.3 Å². The molecule has 2 amide bonds. The summed E-state index contributed by atoms with van der Waals surface area (Å²) < 4.78 is 1.99. The standard InChI is InChI=1S/C22H18N4O2S/c27-20-6-3-11-26(20)19-5-2-1-4-17(19)21(28)23-16-9-7-15(8-10-16)18-14-25-12-13-29-22(25)24-18/h1-2,4-5,7-10,12-14H,3,6,11H2,(H,23,28). The first kappa shape index (κ1) is 17.6. The van der Waals surface area contributed by atoms with Crippen molar-refractivity contribution in [2.75, 3.05) is 16.8 Å². The molecule has 4 aromatic rings. The van der Waals surface area contributed by atoms with E-state index in [0.29, 0.717) is 29.9 Å². The van der Waals surface area contributed by atoms with Crippen molar-refractivity contribution in [1.29, 1.82) is 0 Å². The summed E-state index contributed by atoms with van der Waals surface area (Å²) in [5.74, 6) is -0.162. The van der Waals surface area contributed by atoms with Crippen molar-refractivity contribution < 1.29 is 9.59 Å². The lowest BCUT2D eigenvalue weighted by Gasteiger charge is -2.19. The predicted octanol–water partition coefficient (Wildman–Crippen LogP) is 4.44. The molecule has 0 spiro atoms. The molecular formula is C22H18N4O2S. The van der Waals surface area contributed by atoms with Gasteiger partial charge in [-0.15, -0.1) is 11.3 Å². The number of nitrogens with zero attached hydrogens (tertiary/aromatic N) is 3. The molecule has 5 rings (SSSR count). The lowest BCUT2D eigenvalue weighted by molar-refractivity contribution is -0.117. The number of carbonyl (C=O) groups is 2. The van der Waals surface area contributed by atoms with Gasteiger partial charge in [-0.2, -0.15) is 0 Å². The molecule has 1 aliphatic heterocycles. The second-order valence-electron chi connectivity index (χ2n) is 6.92. The molecule has 29 heavy (non-hydrogen) atoms. The normalized spacial score (nSPS) is 13.9. The minimum absolute atomic E-state index is 0.0644. The van der Waals surface area contributed by atoms with Crippen LogP contribution in [0.4, 0.5) is 11.4 Å². The molecule has 6 nitrogen and oxygen atoms in total. The van der Waals surface area contributed by atoms with Crippen molar-refractivity contribution in [3.63, 3.8) is 0 Å². The number of fused-ring (bicyclic) bond motifs is 1. The minimum atomic E-state index is -0.226. The monoisotopic (exact) mass is 402 g/mol. The zero-order valence-corrected chi connectivity index (χ0v) is 16.4. The van der Waals surface area contributed by atoms with Crippen LogP contribution in [0.15, 0.2) is 66.3 Å². The fourth-order valence-electron chi connectivity index (χ4n) is 3.59. The van der Waals surface area contributed by atoms with E-state index in [9.17, 15) is 9.59 Å². The number of rotatable bonds is 4. The van der Waals surface area contributed by atoms with Crippen LogP contribution in [-0.2, 0) is 4.79 Å². The zero-order valence-electron chi connectivity index (χ0n) is 15.5. The summed E-state index contributed by atoms with van der Waals surface area (Å²) in [6.45, 7) is 0.653. The highest BCUT2D eigenvalue weighted by Crippen LogP contribution is 2.27. The first-order chi connectivity index (χ1) is 14.2. The average molecular weight is 402 g/mol. The Morgan fingerprint density at radius 1 is 1.10 bits per heavy atom. The molecule has 7 heteroatoms. The highest BCUT2D eigenvalue weighted by molar-refractivity contribution is 7.15. The fraction of sp³-hybridized carbons (Fsp3) is 0.136. The summed E-state index contributed by atoms with van der Waals surface area (Å²) in [4.78, 5) is 32.2. The van der Waals surface area contributed by atoms with Gasteiger partial charge in [0.1, 0.15) is 0 Å². The van der Waals surface area contributed by atoms with E-state index in [-0.39, 0.29) is 11.8 Å². The van der Waals surface area contributed by atoms with Crippen LogP contribution < -0.4 is 10.2 Å². The third-order valence-electron chi connectivity index (χ3n) is 5.04. The number of hydrogen-bond donors (Lipinski definition) is 1. The van der Waals surface area contributed by atoms with Gasteiger partial charge in [0.25, 0.3) is 5.91 Å². The lowest BCUT2D eigenvalue weighted by Crippen LogP contribution is -2.27. The van der Waals surface area contributed by atoms with Crippen molar-refractivity contribution >= 4 is 39.5 Å². The maximum absolute atomic E-state index is 12.9. The Morgan fingerprint density at radius 2 is 1.93 bits per heavy atom. The topological polar surface area (TPSA) is 66.7 Å². The molecule has 0 aliphatic carbocycles. The van der Waals surface area contributed by atoms with Gasteiger partial charge in [-0.05, 0) is 30.7 Å². The van der Waals surface area contributed by atoms with Crippen LogP contribution in [0.3, 0.4) is 0 Å². The maximum atomic E-state index is 12.9. The van der Waals surface area contributed by atoms with Crippen molar-refractivity contribution in [2.24, 2.45) is 0 Å². The second kappa shape index (κ2) is 7.18. The summed E-state index contributed by atoms with van der Waals surface area (Å²) in [6, 6.07) is 14.9. The van der Waals surface area contributed by atoms with Crippen molar-refractivity contribution in [3.8, 4) is 11.3 Å². The van der Waals surface area contributed by atoms with Crippen molar-refractivity contribution in [3.05, 3.63) is 71.9 Å². The van der Waals surface area contributed by atoms with Gasteiger partial charge in [-0.3, -0.25) is 14.0 Å². The molecule has 1 fully saturated rings. The van der Waals surface area contributed by atoms with Crippen LogP contribution in [0.2, 0.25) is 0 Å². The second-order valence-corrected chi connectivity index (χ2v) is 7.79. The van der Waals surface area contributed by atoms with Gasteiger partial charge >= 0.3 is 0 Å². The Morgan fingerprint density at radius 3 is 2.69 bits per heavy atom. The van der Waals surface area contributed by atoms with E-state index in [4.69, 9.17) is 0 Å². The highest BCUT2D eigenvalue weighted by Gasteiger charge is 2.25. The number of nitrogens with one attached hydrogen (secondary N) is 1. The van der Waals surface area contributed by atoms with E-state index in [1.165, 1.54) is 0 Å². The predicted molar refractivity (Wildman–Crippen MR) is 114 cm³/mol. The molecule has 0 unspecified atom stereocenters. The Kier molecular flexibility index (Phi) is 4.37. The molecule has 1 N–H and O–H groups in total. The van der Waals surface area contributed by atoms with Crippen molar-refractivity contribution in [2.45, 2.75) is 12.8 Å². The Balaban J connectivity index is 1.36. The first-order valence-corrected chi connectivity index (χ1v) is 10.3. The summed E-state index contributed by atoms with van der Waals surface area (Å²) in [5.41, 5.74) is 3.75. The van der Waals surface area contributed by atoms with Crippen LogP contribution in [0.5, 0.6) is 0 Å². The van der Waals surface area contributed by atoms with Crippen LogP contribution in [0.1, 0.15) is 23.2 Å². The smallest absolute Gasteiger partial charge is 0.257 e. The van der Waals surface area contributed by atoms with Gasteiger partial charge in [0.15, 0.2) is 4.96 Å². The summed E-state index contributed by atoms with van der Waals surface area (Å²) in [7, 11) is 0. The van der Waals surface area contributed by atoms with E-state index in [2.05, 4.69) is 10.3 Å². The number of benzene rings is 2. The third-order valence-corrected chi connectivity index (χ3v) is 5.82. The quantitative estimate of drug-likeness (QED) is 0.549.